The molecule has 2 N–H and O–H groups in total. The molecule has 0 aliphatic carbocycles. The van der Waals surface area contributed by atoms with Crippen molar-refractivity contribution in [3.05, 3.63) is 59.2 Å². The van der Waals surface area contributed by atoms with Gasteiger partial charge in [0.15, 0.2) is 5.11 Å². The largest absolute Gasteiger partial charge is 0.416 e. The Morgan fingerprint density at radius 1 is 1.14 bits per heavy atom. The smallest absolute Gasteiger partial charge is 0.378 e. The third-order valence-electron chi connectivity index (χ3n) is 4.54. The molecule has 154 valence electrons. The molecule has 9 heteroatoms. The quantitative estimate of drug-likeness (QED) is 0.732. The molecule has 0 saturated carbocycles. The molecule has 29 heavy (non-hydrogen) atoms. The number of rotatable bonds is 3. The van der Waals surface area contributed by atoms with Crippen LogP contribution in [0.4, 0.5) is 24.5 Å². The maximum absolute atomic E-state index is 13.2. The monoisotopic (exact) mass is 423 g/mol. The number of alkyl halides is 3. The highest BCUT2D eigenvalue weighted by Gasteiger charge is 2.31. The van der Waals surface area contributed by atoms with Gasteiger partial charge in [-0.1, -0.05) is 18.2 Å². The fraction of sp³-hybridized carbons (Fsp3) is 0.300. The van der Waals surface area contributed by atoms with E-state index >= 15 is 0 Å². The number of nitrogens with one attached hydrogen (secondary N) is 2. The van der Waals surface area contributed by atoms with Gasteiger partial charge in [-0.3, -0.25) is 10.1 Å². The van der Waals surface area contributed by atoms with Gasteiger partial charge in [0.05, 0.1) is 30.2 Å². The summed E-state index contributed by atoms with van der Waals surface area (Å²) in [6, 6.07) is 10.4. The van der Waals surface area contributed by atoms with Gasteiger partial charge in [0.1, 0.15) is 0 Å². The van der Waals surface area contributed by atoms with Crippen molar-refractivity contribution < 1.29 is 22.7 Å². The molecular weight excluding hydrogens is 403 g/mol. The number of carbonyl (C=O) groups is 1. The van der Waals surface area contributed by atoms with Gasteiger partial charge >= 0.3 is 6.18 Å². The van der Waals surface area contributed by atoms with E-state index in [0.29, 0.717) is 37.6 Å². The van der Waals surface area contributed by atoms with E-state index in [1.165, 1.54) is 6.07 Å². The summed E-state index contributed by atoms with van der Waals surface area (Å²) in [6.45, 7) is 3.84. The van der Waals surface area contributed by atoms with Gasteiger partial charge in [-0.15, -0.1) is 0 Å². The van der Waals surface area contributed by atoms with Crippen molar-refractivity contribution >= 4 is 34.6 Å². The van der Waals surface area contributed by atoms with Crippen molar-refractivity contribution in [3.8, 4) is 0 Å². The van der Waals surface area contributed by atoms with E-state index in [2.05, 4.69) is 10.6 Å². The topological polar surface area (TPSA) is 53.6 Å². The van der Waals surface area contributed by atoms with Crippen LogP contribution < -0.4 is 15.5 Å². The molecule has 1 fully saturated rings. The first-order chi connectivity index (χ1) is 13.8. The lowest BCUT2D eigenvalue weighted by atomic mass is 10.1. The Labute approximate surface area is 171 Å². The number of ether oxygens (including phenoxy) is 1. The van der Waals surface area contributed by atoms with Crippen LogP contribution in [0.25, 0.3) is 0 Å². The van der Waals surface area contributed by atoms with E-state index < -0.39 is 17.6 Å². The third-order valence-corrected chi connectivity index (χ3v) is 4.74. The maximum atomic E-state index is 13.2. The molecule has 5 nitrogen and oxygen atoms in total. The summed E-state index contributed by atoms with van der Waals surface area (Å²) in [4.78, 5) is 14.3. The minimum Gasteiger partial charge on any atom is -0.378 e. The molecule has 0 spiro atoms. The van der Waals surface area contributed by atoms with Gasteiger partial charge in [-0.25, -0.2) is 0 Å². The van der Waals surface area contributed by atoms with E-state index in [1.54, 1.807) is 31.2 Å². The zero-order valence-electron chi connectivity index (χ0n) is 15.7. The molecule has 0 radical (unpaired) electrons. The summed E-state index contributed by atoms with van der Waals surface area (Å²) in [5.74, 6) is -0.430. The van der Waals surface area contributed by atoms with Crippen LogP contribution in [0.3, 0.4) is 0 Å². The van der Waals surface area contributed by atoms with E-state index in [1.807, 2.05) is 4.90 Å². The molecule has 3 rings (SSSR count). The first kappa shape index (κ1) is 21.1. The predicted molar refractivity (Wildman–Crippen MR) is 109 cm³/mol. The molecule has 1 amide bonds. The number of nitrogens with zero attached hydrogens (tertiary/aromatic N) is 1. The second-order valence-electron chi connectivity index (χ2n) is 6.55. The van der Waals surface area contributed by atoms with Gasteiger partial charge < -0.3 is 15.0 Å². The number of halogens is 3. The standard InChI is InChI=1S/C20H20F3N3O2S/c1-13-4-2-3-5-15(13)18(27)25-19(29)24-16-12-14(20(21,22)23)6-7-17(16)26-8-10-28-11-9-26/h2-7,12H,8-11H2,1H3,(H2,24,25,27,29). The van der Waals surface area contributed by atoms with Crippen molar-refractivity contribution in [2.45, 2.75) is 13.1 Å². The summed E-state index contributed by atoms with van der Waals surface area (Å²) in [5, 5.41) is 5.21. The van der Waals surface area contributed by atoms with Crippen molar-refractivity contribution in [2.24, 2.45) is 0 Å². The van der Waals surface area contributed by atoms with Crippen molar-refractivity contribution in [2.75, 3.05) is 36.5 Å². The average Bonchev–Trinajstić information content (AvgIpc) is 2.68. The zero-order chi connectivity index (χ0) is 21.0. The highest BCUT2D eigenvalue weighted by molar-refractivity contribution is 7.80. The predicted octanol–water partition coefficient (Wildman–Crippen LogP) is 3.98. The van der Waals surface area contributed by atoms with Gasteiger partial charge in [0, 0.05) is 18.7 Å². The highest BCUT2D eigenvalue weighted by atomic mass is 32.1. The second-order valence-corrected chi connectivity index (χ2v) is 6.96. The van der Waals surface area contributed by atoms with Gasteiger partial charge in [0.2, 0.25) is 0 Å². The minimum absolute atomic E-state index is 0.0768. The van der Waals surface area contributed by atoms with Gasteiger partial charge in [0.25, 0.3) is 5.91 Å². The fourth-order valence-electron chi connectivity index (χ4n) is 3.04. The van der Waals surface area contributed by atoms with E-state index in [0.717, 1.165) is 17.7 Å². The van der Waals surface area contributed by atoms with E-state index in [9.17, 15) is 18.0 Å². The molecule has 0 unspecified atom stereocenters. The number of thiocarbonyl (C=S) groups is 1. The molecule has 1 heterocycles. The summed E-state index contributed by atoms with van der Waals surface area (Å²) >= 11 is 5.19. The van der Waals surface area contributed by atoms with Crippen LogP contribution in [0.5, 0.6) is 0 Å². The molecule has 1 saturated heterocycles. The van der Waals surface area contributed by atoms with Crippen molar-refractivity contribution in [1.29, 1.82) is 0 Å². The lowest BCUT2D eigenvalue weighted by Gasteiger charge is -2.31. The molecule has 2 aromatic rings. The number of aryl methyl sites for hydroxylation is 1. The molecule has 2 aromatic carbocycles. The number of benzene rings is 2. The zero-order valence-corrected chi connectivity index (χ0v) is 16.5. The average molecular weight is 423 g/mol. The molecule has 0 bridgehead atoms. The molecule has 0 aromatic heterocycles. The number of morpholine rings is 1. The summed E-state index contributed by atoms with van der Waals surface area (Å²) < 4.78 is 44.9. The highest BCUT2D eigenvalue weighted by Crippen LogP contribution is 2.35. The minimum atomic E-state index is -4.49. The van der Waals surface area contributed by atoms with Crippen LogP contribution in [0.15, 0.2) is 42.5 Å². The number of anilines is 2. The molecule has 1 aliphatic heterocycles. The van der Waals surface area contributed by atoms with E-state index in [4.69, 9.17) is 17.0 Å². The van der Waals surface area contributed by atoms with Crippen LogP contribution in [-0.4, -0.2) is 37.3 Å². The number of hydrogen-bond acceptors (Lipinski definition) is 4. The first-order valence-corrected chi connectivity index (χ1v) is 9.38. The van der Waals surface area contributed by atoms with Crippen LogP contribution in [0.1, 0.15) is 21.5 Å². The van der Waals surface area contributed by atoms with Crippen LogP contribution in [0, 0.1) is 6.92 Å². The van der Waals surface area contributed by atoms with Crippen LogP contribution >= 0.6 is 12.2 Å². The Morgan fingerprint density at radius 3 is 2.48 bits per heavy atom. The van der Waals surface area contributed by atoms with Crippen molar-refractivity contribution in [1.82, 2.24) is 5.32 Å². The molecular formula is C20H20F3N3O2S. The van der Waals surface area contributed by atoms with Gasteiger partial charge in [-0.05, 0) is 49.0 Å². The lowest BCUT2D eigenvalue weighted by Crippen LogP contribution is -2.38. The summed E-state index contributed by atoms with van der Waals surface area (Å²) in [7, 11) is 0. The molecule has 0 atom stereocenters. The Balaban J connectivity index is 1.82. The first-order valence-electron chi connectivity index (χ1n) is 8.97. The van der Waals surface area contributed by atoms with Crippen molar-refractivity contribution in [3.63, 3.8) is 0 Å². The second kappa shape index (κ2) is 8.79. The van der Waals surface area contributed by atoms with Crippen LogP contribution in [0.2, 0.25) is 0 Å². The Bertz CT molecular complexity index is 912. The number of carbonyl (C=O) groups excluding carboxylic acids is 1. The Hall–Kier alpha value is -2.65. The normalized spacial score (nSPS) is 14.4. The SMILES string of the molecule is Cc1ccccc1C(=O)NC(=S)Nc1cc(C(F)(F)F)ccc1N1CCOCC1. The van der Waals surface area contributed by atoms with E-state index in [-0.39, 0.29) is 10.8 Å². The number of amides is 1. The Morgan fingerprint density at radius 2 is 1.83 bits per heavy atom. The lowest BCUT2D eigenvalue weighted by molar-refractivity contribution is -0.137. The molecule has 1 aliphatic rings. The van der Waals surface area contributed by atoms with Gasteiger partial charge in [-0.2, -0.15) is 13.2 Å². The number of hydrogen-bond donors (Lipinski definition) is 2. The third kappa shape index (κ3) is 5.24. The fourth-order valence-corrected chi connectivity index (χ4v) is 3.25. The Kier molecular flexibility index (Phi) is 6.39. The van der Waals surface area contributed by atoms with Crippen LogP contribution in [-0.2, 0) is 10.9 Å². The maximum Gasteiger partial charge on any atom is 0.416 e. The summed E-state index contributed by atoms with van der Waals surface area (Å²) in [5.41, 5.74) is 1.14. The summed E-state index contributed by atoms with van der Waals surface area (Å²) in [6.07, 6.45) is -4.49.